The zero-order valence-corrected chi connectivity index (χ0v) is 13.6. The molecule has 0 aliphatic carbocycles. The minimum atomic E-state index is -0.465. The maximum atomic E-state index is 12.7. The van der Waals surface area contributed by atoms with Gasteiger partial charge in [0.05, 0.1) is 10.4 Å². The standard InChI is InChI=1S/C16H21N5O3/c1-2-17-10-11-5-7-20(8-6-11)16(22)15-13-9-12(21(23)24)3-4-14(13)18-19-15/h3-4,9,11,17H,2,5-8,10H2,1H3,(H,18,19). The Labute approximate surface area is 139 Å². The number of carbonyl (C=O) groups excluding carboxylic acids is 1. The quantitative estimate of drug-likeness (QED) is 0.643. The Bertz CT molecular complexity index is 749. The summed E-state index contributed by atoms with van der Waals surface area (Å²) in [5.74, 6) is 0.426. The van der Waals surface area contributed by atoms with Crippen LogP contribution in [0.1, 0.15) is 30.3 Å². The number of nitro groups is 1. The van der Waals surface area contributed by atoms with Crippen LogP contribution < -0.4 is 5.32 Å². The molecule has 24 heavy (non-hydrogen) atoms. The molecule has 2 heterocycles. The van der Waals surface area contributed by atoms with E-state index in [9.17, 15) is 14.9 Å². The third-order valence-electron chi connectivity index (χ3n) is 4.54. The Morgan fingerprint density at radius 1 is 1.46 bits per heavy atom. The predicted octanol–water partition coefficient (Wildman–Crippen LogP) is 1.93. The Kier molecular flexibility index (Phi) is 4.75. The Morgan fingerprint density at radius 3 is 2.88 bits per heavy atom. The normalized spacial score (nSPS) is 15.8. The van der Waals surface area contributed by atoms with Crippen LogP contribution in [-0.2, 0) is 0 Å². The van der Waals surface area contributed by atoms with Crippen molar-refractivity contribution in [1.82, 2.24) is 20.4 Å². The van der Waals surface area contributed by atoms with Gasteiger partial charge in [-0.25, -0.2) is 0 Å². The molecule has 1 aromatic carbocycles. The first-order valence-electron chi connectivity index (χ1n) is 8.22. The summed E-state index contributed by atoms with van der Waals surface area (Å²) in [5.41, 5.74) is 0.854. The SMILES string of the molecule is CCNCC1CCN(C(=O)c2n[nH]c3ccc([N+](=O)[O-])cc23)CC1. The number of H-pyrrole nitrogens is 1. The minimum Gasteiger partial charge on any atom is -0.337 e. The van der Waals surface area contributed by atoms with Crippen LogP contribution in [0.25, 0.3) is 10.9 Å². The lowest BCUT2D eigenvalue weighted by molar-refractivity contribution is -0.384. The molecule has 1 saturated heterocycles. The fraction of sp³-hybridized carbons (Fsp3) is 0.500. The molecular weight excluding hydrogens is 310 g/mol. The number of amides is 1. The molecular formula is C16H21N5O3. The smallest absolute Gasteiger partial charge is 0.274 e. The molecule has 0 bridgehead atoms. The van der Waals surface area contributed by atoms with Crippen molar-refractivity contribution in [3.8, 4) is 0 Å². The van der Waals surface area contributed by atoms with Gasteiger partial charge in [-0.15, -0.1) is 0 Å². The predicted molar refractivity (Wildman–Crippen MR) is 89.9 cm³/mol. The highest BCUT2D eigenvalue weighted by atomic mass is 16.6. The lowest BCUT2D eigenvalue weighted by Crippen LogP contribution is -2.41. The first kappa shape index (κ1) is 16.4. The number of rotatable bonds is 5. The molecule has 2 aromatic rings. The van der Waals surface area contributed by atoms with Gasteiger partial charge < -0.3 is 10.2 Å². The third kappa shape index (κ3) is 3.23. The number of carbonyl (C=O) groups is 1. The van der Waals surface area contributed by atoms with Crippen molar-refractivity contribution in [2.75, 3.05) is 26.2 Å². The van der Waals surface area contributed by atoms with Gasteiger partial charge in [0.25, 0.3) is 11.6 Å². The van der Waals surface area contributed by atoms with Crippen molar-refractivity contribution >= 4 is 22.5 Å². The summed E-state index contributed by atoms with van der Waals surface area (Å²) in [4.78, 5) is 25.0. The summed E-state index contributed by atoms with van der Waals surface area (Å²) in [5, 5.41) is 21.7. The molecule has 1 amide bonds. The molecule has 2 N–H and O–H groups in total. The first-order valence-corrected chi connectivity index (χ1v) is 8.22. The highest BCUT2D eigenvalue weighted by Crippen LogP contribution is 2.24. The molecule has 8 nitrogen and oxygen atoms in total. The fourth-order valence-corrected chi connectivity index (χ4v) is 3.12. The number of hydrogen-bond donors (Lipinski definition) is 2. The number of benzene rings is 1. The van der Waals surface area contributed by atoms with Crippen molar-refractivity contribution in [2.45, 2.75) is 19.8 Å². The van der Waals surface area contributed by atoms with E-state index in [0.717, 1.165) is 25.9 Å². The second-order valence-electron chi connectivity index (χ2n) is 6.10. The van der Waals surface area contributed by atoms with E-state index in [2.05, 4.69) is 22.4 Å². The van der Waals surface area contributed by atoms with E-state index in [1.54, 1.807) is 11.0 Å². The second kappa shape index (κ2) is 6.96. The molecule has 0 atom stereocenters. The van der Waals surface area contributed by atoms with Gasteiger partial charge in [-0.05, 0) is 37.9 Å². The van der Waals surface area contributed by atoms with Gasteiger partial charge in [0.1, 0.15) is 0 Å². The van der Waals surface area contributed by atoms with E-state index in [0.29, 0.717) is 29.9 Å². The summed E-state index contributed by atoms with van der Waals surface area (Å²) in [6, 6.07) is 4.39. The molecule has 1 aromatic heterocycles. The van der Waals surface area contributed by atoms with Crippen LogP contribution in [0.3, 0.4) is 0 Å². The van der Waals surface area contributed by atoms with E-state index in [-0.39, 0.29) is 17.3 Å². The van der Waals surface area contributed by atoms with Crippen LogP contribution in [0, 0.1) is 16.0 Å². The summed E-state index contributed by atoms with van der Waals surface area (Å²) < 4.78 is 0. The third-order valence-corrected chi connectivity index (χ3v) is 4.54. The number of nitro benzene ring substituents is 1. The summed E-state index contributed by atoms with van der Waals surface area (Å²) in [7, 11) is 0. The maximum absolute atomic E-state index is 12.7. The second-order valence-corrected chi connectivity index (χ2v) is 6.10. The van der Waals surface area contributed by atoms with E-state index in [4.69, 9.17) is 0 Å². The number of non-ortho nitro benzene ring substituents is 1. The van der Waals surface area contributed by atoms with Crippen molar-refractivity contribution < 1.29 is 9.72 Å². The number of likely N-dealkylation sites (tertiary alicyclic amines) is 1. The van der Waals surface area contributed by atoms with Crippen molar-refractivity contribution in [3.63, 3.8) is 0 Å². The summed E-state index contributed by atoms with van der Waals surface area (Å²) in [6.07, 6.45) is 1.92. The fourth-order valence-electron chi connectivity index (χ4n) is 3.12. The lowest BCUT2D eigenvalue weighted by atomic mass is 9.96. The first-order chi connectivity index (χ1) is 11.6. The van der Waals surface area contributed by atoms with Crippen LogP contribution in [0.5, 0.6) is 0 Å². The number of nitrogens with one attached hydrogen (secondary N) is 2. The van der Waals surface area contributed by atoms with E-state index in [1.807, 2.05) is 0 Å². The van der Waals surface area contributed by atoms with E-state index >= 15 is 0 Å². The highest BCUT2D eigenvalue weighted by Gasteiger charge is 2.26. The van der Waals surface area contributed by atoms with Crippen LogP contribution in [0.2, 0.25) is 0 Å². The van der Waals surface area contributed by atoms with Gasteiger partial charge in [0.2, 0.25) is 0 Å². The zero-order chi connectivity index (χ0) is 17.1. The molecule has 0 unspecified atom stereocenters. The van der Waals surface area contributed by atoms with Crippen molar-refractivity contribution in [1.29, 1.82) is 0 Å². The Morgan fingerprint density at radius 2 is 2.21 bits per heavy atom. The lowest BCUT2D eigenvalue weighted by Gasteiger charge is -2.31. The van der Waals surface area contributed by atoms with Crippen molar-refractivity contribution in [3.05, 3.63) is 34.0 Å². The van der Waals surface area contributed by atoms with Gasteiger partial charge in [0.15, 0.2) is 5.69 Å². The molecule has 1 aliphatic rings. The van der Waals surface area contributed by atoms with Gasteiger partial charge in [-0.2, -0.15) is 5.10 Å². The number of hydrogen-bond acceptors (Lipinski definition) is 5. The highest BCUT2D eigenvalue weighted by molar-refractivity contribution is 6.05. The van der Waals surface area contributed by atoms with Gasteiger partial charge in [0, 0.05) is 30.6 Å². The number of aromatic nitrogens is 2. The maximum Gasteiger partial charge on any atom is 0.274 e. The van der Waals surface area contributed by atoms with E-state index in [1.165, 1.54) is 12.1 Å². The molecule has 1 aliphatic heterocycles. The number of fused-ring (bicyclic) bond motifs is 1. The zero-order valence-electron chi connectivity index (χ0n) is 13.6. The van der Waals surface area contributed by atoms with Crippen LogP contribution in [0.15, 0.2) is 18.2 Å². The largest absolute Gasteiger partial charge is 0.337 e. The number of aromatic amines is 1. The molecule has 0 spiro atoms. The van der Waals surface area contributed by atoms with Gasteiger partial charge in [-0.3, -0.25) is 20.0 Å². The molecule has 0 saturated carbocycles. The van der Waals surface area contributed by atoms with Crippen LogP contribution >= 0.6 is 0 Å². The average Bonchev–Trinajstić information content (AvgIpc) is 3.02. The van der Waals surface area contributed by atoms with Crippen LogP contribution in [0.4, 0.5) is 5.69 Å². The van der Waals surface area contributed by atoms with Gasteiger partial charge >= 0.3 is 0 Å². The monoisotopic (exact) mass is 331 g/mol. The van der Waals surface area contributed by atoms with Gasteiger partial charge in [-0.1, -0.05) is 6.92 Å². The molecule has 8 heteroatoms. The molecule has 0 radical (unpaired) electrons. The average molecular weight is 331 g/mol. The minimum absolute atomic E-state index is 0.0395. The molecule has 128 valence electrons. The molecule has 3 rings (SSSR count). The number of nitrogens with zero attached hydrogens (tertiary/aromatic N) is 3. The topological polar surface area (TPSA) is 104 Å². The Balaban J connectivity index is 1.75. The van der Waals surface area contributed by atoms with Crippen molar-refractivity contribution in [2.24, 2.45) is 5.92 Å². The Hall–Kier alpha value is -2.48. The van der Waals surface area contributed by atoms with Crippen LogP contribution in [-0.4, -0.2) is 52.1 Å². The number of piperidine rings is 1. The molecule has 1 fully saturated rings. The summed E-state index contributed by atoms with van der Waals surface area (Å²) >= 11 is 0. The summed E-state index contributed by atoms with van der Waals surface area (Å²) in [6.45, 7) is 5.41. The van der Waals surface area contributed by atoms with E-state index < -0.39 is 4.92 Å².